The zero-order valence-corrected chi connectivity index (χ0v) is 11.9. The van der Waals surface area contributed by atoms with E-state index in [0.29, 0.717) is 11.1 Å². The predicted octanol–water partition coefficient (Wildman–Crippen LogP) is 3.39. The number of benzene rings is 2. The van der Waals surface area contributed by atoms with Gasteiger partial charge < -0.3 is 0 Å². The van der Waals surface area contributed by atoms with Gasteiger partial charge in [-0.3, -0.25) is 4.55 Å². The maximum atomic E-state index is 12.1. The molecule has 0 heterocycles. The summed E-state index contributed by atoms with van der Waals surface area (Å²) in [6.45, 7) is 1.73. The van der Waals surface area contributed by atoms with Crippen molar-refractivity contribution in [3.05, 3.63) is 83.9 Å². The van der Waals surface area contributed by atoms with Crippen LogP contribution in [0.15, 0.2) is 72.8 Å². The molecule has 0 aromatic heterocycles. The minimum Gasteiger partial charge on any atom is -0.284 e. The Morgan fingerprint density at radius 1 is 0.900 bits per heavy atom. The van der Waals surface area contributed by atoms with E-state index in [-0.39, 0.29) is 0 Å². The maximum absolute atomic E-state index is 12.1. The quantitative estimate of drug-likeness (QED) is 0.693. The molecule has 0 fully saturated rings. The Hall–Kier alpha value is -1.91. The zero-order chi connectivity index (χ0) is 14.6. The molecule has 1 N–H and O–H groups in total. The van der Waals surface area contributed by atoms with Crippen LogP contribution in [0, 0.1) is 0 Å². The van der Waals surface area contributed by atoms with Gasteiger partial charge in [-0.25, -0.2) is 0 Å². The molecule has 0 spiro atoms. The Bertz CT molecular complexity index is 650. The van der Waals surface area contributed by atoms with Crippen LogP contribution in [-0.2, 0) is 14.9 Å². The molecular formula is C16H16O3S. The van der Waals surface area contributed by atoms with Gasteiger partial charge in [0.2, 0.25) is 0 Å². The molecule has 0 saturated heterocycles. The Labute approximate surface area is 119 Å². The number of rotatable bonds is 4. The van der Waals surface area contributed by atoms with E-state index < -0.39 is 14.9 Å². The van der Waals surface area contributed by atoms with E-state index in [9.17, 15) is 13.0 Å². The lowest BCUT2D eigenvalue weighted by Gasteiger charge is -2.28. The van der Waals surface area contributed by atoms with Crippen LogP contribution < -0.4 is 0 Å². The summed E-state index contributed by atoms with van der Waals surface area (Å²) in [6.07, 6.45) is 3.14. The Morgan fingerprint density at radius 3 is 1.60 bits per heavy atom. The first-order valence-electron chi connectivity index (χ1n) is 6.24. The van der Waals surface area contributed by atoms with Gasteiger partial charge in [-0.05, 0) is 18.1 Å². The topological polar surface area (TPSA) is 54.4 Å². The molecule has 4 heteroatoms. The van der Waals surface area contributed by atoms with Gasteiger partial charge in [-0.2, -0.15) is 8.42 Å². The van der Waals surface area contributed by atoms with E-state index in [0.717, 1.165) is 0 Å². The second-order valence-electron chi connectivity index (χ2n) is 4.44. The molecule has 0 atom stereocenters. The van der Waals surface area contributed by atoms with Crippen molar-refractivity contribution >= 4 is 10.1 Å². The molecular weight excluding hydrogens is 272 g/mol. The fourth-order valence-electron chi connectivity index (χ4n) is 2.35. The Kier molecular flexibility index (Phi) is 4.06. The normalized spacial score (nSPS) is 12.7. The maximum Gasteiger partial charge on any atom is 0.282 e. The first-order chi connectivity index (χ1) is 9.52. The van der Waals surface area contributed by atoms with Crippen molar-refractivity contribution in [2.45, 2.75) is 11.7 Å². The van der Waals surface area contributed by atoms with Gasteiger partial charge in [0.25, 0.3) is 10.1 Å². The second-order valence-corrected chi connectivity index (χ2v) is 6.04. The highest BCUT2D eigenvalue weighted by atomic mass is 32.2. The summed E-state index contributed by atoms with van der Waals surface area (Å²) < 4.78 is 32.6. The summed E-state index contributed by atoms with van der Waals surface area (Å²) in [7, 11) is -4.38. The minimum absolute atomic E-state index is 0.506. The molecule has 104 valence electrons. The molecule has 0 bridgehead atoms. The third-order valence-corrected chi connectivity index (χ3v) is 4.63. The fraction of sp³-hybridized carbons (Fsp3) is 0.125. The van der Waals surface area contributed by atoms with Gasteiger partial charge in [0, 0.05) is 0 Å². The highest BCUT2D eigenvalue weighted by Crippen LogP contribution is 2.38. The van der Waals surface area contributed by atoms with Gasteiger partial charge in [-0.15, -0.1) is 0 Å². The van der Waals surface area contributed by atoms with Crippen molar-refractivity contribution in [2.75, 3.05) is 0 Å². The lowest BCUT2D eigenvalue weighted by Crippen LogP contribution is -2.34. The van der Waals surface area contributed by atoms with Crippen LogP contribution in [0.1, 0.15) is 18.1 Å². The van der Waals surface area contributed by atoms with Crippen molar-refractivity contribution < 1.29 is 13.0 Å². The van der Waals surface area contributed by atoms with Gasteiger partial charge in [0.15, 0.2) is 4.75 Å². The molecule has 3 nitrogen and oxygen atoms in total. The van der Waals surface area contributed by atoms with Gasteiger partial charge in [0.05, 0.1) is 0 Å². The molecule has 0 radical (unpaired) electrons. The number of hydrogen-bond donors (Lipinski definition) is 1. The average Bonchev–Trinajstić information content (AvgIpc) is 2.45. The third kappa shape index (κ3) is 2.40. The summed E-state index contributed by atoms with van der Waals surface area (Å²) in [4.78, 5) is 0. The molecule has 0 aliphatic rings. The van der Waals surface area contributed by atoms with Crippen molar-refractivity contribution in [2.24, 2.45) is 0 Å². The monoisotopic (exact) mass is 288 g/mol. The first-order valence-corrected chi connectivity index (χ1v) is 7.68. The lowest BCUT2D eigenvalue weighted by molar-refractivity contribution is 0.461. The highest BCUT2D eigenvalue weighted by molar-refractivity contribution is 7.87. The average molecular weight is 288 g/mol. The van der Waals surface area contributed by atoms with E-state index in [4.69, 9.17) is 0 Å². The standard InChI is InChI=1S/C16H16O3S/c1-2-13-16(20(17,18)19,14-9-5-3-6-10-14)15-11-7-4-8-12-15/h2-13H,1H3,(H,17,18,19). The van der Waals surface area contributed by atoms with Crippen LogP contribution in [0.25, 0.3) is 0 Å². The summed E-state index contributed by atoms with van der Waals surface area (Å²) >= 11 is 0. The van der Waals surface area contributed by atoms with Crippen molar-refractivity contribution in [1.29, 1.82) is 0 Å². The molecule has 0 unspecified atom stereocenters. The smallest absolute Gasteiger partial charge is 0.282 e. The van der Waals surface area contributed by atoms with Crippen LogP contribution >= 0.6 is 0 Å². The van der Waals surface area contributed by atoms with Gasteiger partial charge in [0.1, 0.15) is 0 Å². The number of hydrogen-bond acceptors (Lipinski definition) is 2. The first kappa shape index (κ1) is 14.5. The van der Waals surface area contributed by atoms with Crippen LogP contribution in [0.4, 0.5) is 0 Å². The van der Waals surface area contributed by atoms with Crippen molar-refractivity contribution in [3.63, 3.8) is 0 Å². The van der Waals surface area contributed by atoms with E-state index in [2.05, 4.69) is 0 Å². The third-order valence-electron chi connectivity index (χ3n) is 3.21. The summed E-state index contributed by atoms with van der Waals surface area (Å²) in [5, 5.41) is 0. The van der Waals surface area contributed by atoms with Crippen LogP contribution in [0.5, 0.6) is 0 Å². The van der Waals surface area contributed by atoms with Crippen LogP contribution in [0.2, 0.25) is 0 Å². The van der Waals surface area contributed by atoms with Crippen LogP contribution in [-0.4, -0.2) is 13.0 Å². The van der Waals surface area contributed by atoms with Crippen LogP contribution in [0.3, 0.4) is 0 Å². The van der Waals surface area contributed by atoms with Crippen molar-refractivity contribution in [1.82, 2.24) is 0 Å². The molecule has 0 saturated carbocycles. The SMILES string of the molecule is CC=CC(c1ccccc1)(c1ccccc1)S(=O)(=O)O. The molecule has 0 aliphatic heterocycles. The number of allylic oxidation sites excluding steroid dienone is 1. The second kappa shape index (κ2) is 5.61. The summed E-state index contributed by atoms with van der Waals surface area (Å²) in [5.41, 5.74) is 1.01. The van der Waals surface area contributed by atoms with Gasteiger partial charge >= 0.3 is 0 Å². The summed E-state index contributed by atoms with van der Waals surface area (Å²) in [6, 6.07) is 17.4. The highest BCUT2D eigenvalue weighted by Gasteiger charge is 2.43. The minimum atomic E-state index is -4.38. The van der Waals surface area contributed by atoms with E-state index >= 15 is 0 Å². The Morgan fingerprint density at radius 2 is 1.30 bits per heavy atom. The van der Waals surface area contributed by atoms with E-state index in [1.807, 2.05) is 0 Å². The summed E-state index contributed by atoms with van der Waals surface area (Å²) in [5.74, 6) is 0. The Balaban J connectivity index is 2.85. The molecule has 2 rings (SSSR count). The lowest BCUT2D eigenvalue weighted by atomic mass is 9.90. The molecule has 20 heavy (non-hydrogen) atoms. The molecule has 0 amide bonds. The van der Waals surface area contributed by atoms with E-state index in [1.54, 1.807) is 73.7 Å². The zero-order valence-electron chi connectivity index (χ0n) is 11.1. The largest absolute Gasteiger partial charge is 0.284 e. The fourth-order valence-corrected chi connectivity index (χ4v) is 3.53. The van der Waals surface area contributed by atoms with Crippen molar-refractivity contribution in [3.8, 4) is 0 Å². The van der Waals surface area contributed by atoms with E-state index in [1.165, 1.54) is 6.08 Å². The molecule has 2 aromatic carbocycles. The molecule has 2 aromatic rings. The van der Waals surface area contributed by atoms with Gasteiger partial charge in [-0.1, -0.05) is 72.8 Å². The predicted molar refractivity (Wildman–Crippen MR) is 80.0 cm³/mol. The molecule has 0 aliphatic carbocycles.